The number of fused-ring (bicyclic) bond motifs is 1. The molecule has 0 fully saturated rings. The van der Waals surface area contributed by atoms with Crippen LogP contribution >= 0.6 is 0 Å². The van der Waals surface area contributed by atoms with Crippen LogP contribution in [-0.4, -0.2) is 17.7 Å². The van der Waals surface area contributed by atoms with E-state index < -0.39 is 11.9 Å². The lowest BCUT2D eigenvalue weighted by molar-refractivity contribution is -0.138. The molecular formula is C24H26O3. The van der Waals surface area contributed by atoms with Crippen molar-refractivity contribution in [2.24, 2.45) is 0 Å². The molecule has 0 radical (unpaired) electrons. The van der Waals surface area contributed by atoms with E-state index in [4.69, 9.17) is 4.74 Å². The SMILES string of the molecule is CCCCCOc1ccc2ccccc2c1CC(C(=O)O)c1ccccc1. The van der Waals surface area contributed by atoms with Gasteiger partial charge in [-0.15, -0.1) is 0 Å². The molecule has 0 aromatic heterocycles. The fraction of sp³-hybridized carbons (Fsp3) is 0.292. The molecule has 0 spiro atoms. The van der Waals surface area contributed by atoms with E-state index in [-0.39, 0.29) is 0 Å². The van der Waals surface area contributed by atoms with Gasteiger partial charge in [0.15, 0.2) is 0 Å². The first-order valence-corrected chi connectivity index (χ1v) is 9.62. The fourth-order valence-corrected chi connectivity index (χ4v) is 3.43. The zero-order valence-electron chi connectivity index (χ0n) is 15.7. The van der Waals surface area contributed by atoms with Crippen molar-refractivity contribution in [1.29, 1.82) is 0 Å². The predicted octanol–water partition coefficient (Wildman–Crippen LogP) is 5.82. The molecule has 0 saturated carbocycles. The van der Waals surface area contributed by atoms with E-state index in [0.29, 0.717) is 13.0 Å². The van der Waals surface area contributed by atoms with Crippen LogP contribution in [0.25, 0.3) is 10.8 Å². The standard InChI is InChI=1S/C24H26O3/c1-2-3-9-16-27-23-15-14-19-12-7-8-13-20(19)22(23)17-21(24(25)26)18-10-5-4-6-11-18/h4-8,10-15,21H,2-3,9,16-17H2,1H3,(H,25,26). The monoisotopic (exact) mass is 362 g/mol. The van der Waals surface area contributed by atoms with Gasteiger partial charge in [0, 0.05) is 5.56 Å². The molecule has 27 heavy (non-hydrogen) atoms. The van der Waals surface area contributed by atoms with Crippen LogP contribution in [0.3, 0.4) is 0 Å². The highest BCUT2D eigenvalue weighted by Gasteiger charge is 2.23. The third kappa shape index (κ3) is 4.68. The number of aliphatic carboxylic acids is 1. The normalized spacial score (nSPS) is 12.0. The number of hydrogen-bond acceptors (Lipinski definition) is 2. The van der Waals surface area contributed by atoms with Crippen LogP contribution in [0.4, 0.5) is 0 Å². The van der Waals surface area contributed by atoms with Crippen LogP contribution in [0.2, 0.25) is 0 Å². The van der Waals surface area contributed by atoms with Crippen molar-refractivity contribution in [3.63, 3.8) is 0 Å². The highest BCUT2D eigenvalue weighted by atomic mass is 16.5. The molecule has 1 N–H and O–H groups in total. The molecule has 0 saturated heterocycles. The quantitative estimate of drug-likeness (QED) is 0.488. The highest BCUT2D eigenvalue weighted by Crippen LogP contribution is 2.33. The Morgan fingerprint density at radius 1 is 0.963 bits per heavy atom. The number of carbonyl (C=O) groups is 1. The van der Waals surface area contributed by atoms with Crippen molar-refractivity contribution in [2.45, 2.75) is 38.5 Å². The van der Waals surface area contributed by atoms with Gasteiger partial charge >= 0.3 is 5.97 Å². The number of rotatable bonds is 9. The third-order valence-corrected chi connectivity index (χ3v) is 4.91. The zero-order valence-corrected chi connectivity index (χ0v) is 15.7. The van der Waals surface area contributed by atoms with Gasteiger partial charge in [-0.25, -0.2) is 0 Å². The molecular weight excluding hydrogens is 336 g/mol. The Hall–Kier alpha value is -2.81. The van der Waals surface area contributed by atoms with E-state index >= 15 is 0 Å². The van der Waals surface area contributed by atoms with Crippen LogP contribution in [0.1, 0.15) is 43.2 Å². The molecule has 140 valence electrons. The first kappa shape index (κ1) is 19.0. The molecule has 3 aromatic rings. The summed E-state index contributed by atoms with van der Waals surface area (Å²) >= 11 is 0. The second kappa shape index (κ2) is 9.22. The molecule has 0 heterocycles. The maximum Gasteiger partial charge on any atom is 0.311 e. The number of hydrogen-bond donors (Lipinski definition) is 1. The lowest BCUT2D eigenvalue weighted by Gasteiger charge is -2.18. The Bertz CT molecular complexity index is 887. The molecule has 1 unspecified atom stereocenters. The smallest absolute Gasteiger partial charge is 0.311 e. The first-order chi connectivity index (χ1) is 13.2. The Balaban J connectivity index is 1.97. The maximum absolute atomic E-state index is 12.0. The molecule has 3 nitrogen and oxygen atoms in total. The molecule has 0 aliphatic carbocycles. The van der Waals surface area contributed by atoms with Crippen molar-refractivity contribution in [1.82, 2.24) is 0 Å². The minimum Gasteiger partial charge on any atom is -0.493 e. The second-order valence-corrected chi connectivity index (χ2v) is 6.82. The lowest BCUT2D eigenvalue weighted by atomic mass is 9.89. The summed E-state index contributed by atoms with van der Waals surface area (Å²) in [5.41, 5.74) is 1.79. The van der Waals surface area contributed by atoms with Crippen molar-refractivity contribution in [2.75, 3.05) is 6.61 Å². The maximum atomic E-state index is 12.0. The molecule has 3 rings (SSSR count). The van der Waals surface area contributed by atoms with Crippen molar-refractivity contribution in [3.8, 4) is 5.75 Å². The van der Waals surface area contributed by atoms with Gasteiger partial charge in [-0.1, -0.05) is 80.4 Å². The Morgan fingerprint density at radius 2 is 1.70 bits per heavy atom. The molecule has 0 bridgehead atoms. The zero-order chi connectivity index (χ0) is 19.1. The number of carboxylic acid groups (broad SMARTS) is 1. The van der Waals surface area contributed by atoms with Crippen molar-refractivity contribution in [3.05, 3.63) is 77.9 Å². The number of benzene rings is 3. The summed E-state index contributed by atoms with van der Waals surface area (Å²) in [6, 6.07) is 21.6. The van der Waals surface area contributed by atoms with E-state index in [1.165, 1.54) is 0 Å². The van der Waals surface area contributed by atoms with E-state index in [1.807, 2.05) is 60.7 Å². The molecule has 3 aromatic carbocycles. The molecule has 1 atom stereocenters. The van der Waals surface area contributed by atoms with Crippen LogP contribution in [0.15, 0.2) is 66.7 Å². The summed E-state index contributed by atoms with van der Waals surface area (Å²) in [6.45, 7) is 2.82. The van der Waals surface area contributed by atoms with Gasteiger partial charge in [-0.3, -0.25) is 4.79 Å². The molecule has 0 aliphatic rings. The largest absolute Gasteiger partial charge is 0.493 e. The van der Waals surface area contributed by atoms with Crippen molar-refractivity contribution < 1.29 is 14.6 Å². The van der Waals surface area contributed by atoms with Gasteiger partial charge in [0.2, 0.25) is 0 Å². The Morgan fingerprint density at radius 3 is 2.44 bits per heavy atom. The summed E-state index contributed by atoms with van der Waals surface area (Å²) in [4.78, 5) is 12.0. The molecule has 0 aliphatic heterocycles. The van der Waals surface area contributed by atoms with Gasteiger partial charge in [0.1, 0.15) is 5.75 Å². The second-order valence-electron chi connectivity index (χ2n) is 6.82. The lowest BCUT2D eigenvalue weighted by Crippen LogP contribution is -2.15. The van der Waals surface area contributed by atoms with E-state index in [1.54, 1.807) is 0 Å². The summed E-state index contributed by atoms with van der Waals surface area (Å²) in [5, 5.41) is 12.0. The summed E-state index contributed by atoms with van der Waals surface area (Å²) in [5.74, 6) is -0.618. The van der Waals surface area contributed by atoms with Crippen LogP contribution < -0.4 is 4.74 Å². The van der Waals surface area contributed by atoms with Crippen molar-refractivity contribution >= 4 is 16.7 Å². The summed E-state index contributed by atoms with van der Waals surface area (Å²) < 4.78 is 6.07. The minimum absolute atomic E-state index is 0.407. The summed E-state index contributed by atoms with van der Waals surface area (Å²) in [7, 11) is 0. The summed E-state index contributed by atoms with van der Waals surface area (Å²) in [6.07, 6.45) is 3.68. The first-order valence-electron chi connectivity index (χ1n) is 9.62. The van der Waals surface area contributed by atoms with E-state index in [2.05, 4.69) is 13.0 Å². The number of ether oxygens (including phenoxy) is 1. The van der Waals surface area contributed by atoms with Crippen LogP contribution in [0, 0.1) is 0 Å². The van der Waals surface area contributed by atoms with E-state index in [9.17, 15) is 9.90 Å². The minimum atomic E-state index is -0.814. The third-order valence-electron chi connectivity index (χ3n) is 4.91. The van der Waals surface area contributed by atoms with Gasteiger partial charge in [-0.05, 0) is 35.2 Å². The number of unbranched alkanes of at least 4 members (excludes halogenated alkanes) is 2. The predicted molar refractivity (Wildman–Crippen MR) is 109 cm³/mol. The Kier molecular flexibility index (Phi) is 6.48. The van der Waals surface area contributed by atoms with Gasteiger partial charge in [0.25, 0.3) is 0 Å². The van der Waals surface area contributed by atoms with Crippen LogP contribution in [0.5, 0.6) is 5.75 Å². The number of carboxylic acids is 1. The van der Waals surface area contributed by atoms with E-state index in [0.717, 1.165) is 46.9 Å². The molecule has 0 amide bonds. The van der Waals surface area contributed by atoms with Gasteiger partial charge < -0.3 is 9.84 Å². The topological polar surface area (TPSA) is 46.5 Å². The average molecular weight is 362 g/mol. The highest BCUT2D eigenvalue weighted by molar-refractivity contribution is 5.89. The fourth-order valence-electron chi connectivity index (χ4n) is 3.43. The van der Waals surface area contributed by atoms with Gasteiger partial charge in [-0.2, -0.15) is 0 Å². The average Bonchev–Trinajstić information content (AvgIpc) is 2.70. The van der Waals surface area contributed by atoms with Crippen LogP contribution in [-0.2, 0) is 11.2 Å². The molecule has 3 heteroatoms. The van der Waals surface area contributed by atoms with Gasteiger partial charge in [0.05, 0.1) is 12.5 Å². The Labute approximate surface area is 160 Å².